The Balaban J connectivity index is 0.000000801. The Hall–Kier alpha value is -3.10. The number of hydrogen-bond acceptors (Lipinski definition) is 7. The number of rotatable bonds is 11. The van der Waals surface area contributed by atoms with Crippen molar-refractivity contribution < 1.29 is 19.8 Å². The highest BCUT2D eigenvalue weighted by atomic mass is 16.4. The molecular weight excluding hydrogens is 422 g/mol. The zero-order valence-electron chi connectivity index (χ0n) is 20.1. The Morgan fingerprint density at radius 2 is 1.36 bits per heavy atom. The van der Waals surface area contributed by atoms with Crippen molar-refractivity contribution in [2.75, 3.05) is 6.54 Å². The third-order valence-electron chi connectivity index (χ3n) is 4.82. The van der Waals surface area contributed by atoms with Crippen LogP contribution < -0.4 is 16.0 Å². The molecule has 0 spiro atoms. The van der Waals surface area contributed by atoms with Crippen LogP contribution in [0.2, 0.25) is 0 Å². The first-order valence-electron chi connectivity index (χ1n) is 11.7. The van der Waals surface area contributed by atoms with Gasteiger partial charge in [0.1, 0.15) is 0 Å². The van der Waals surface area contributed by atoms with E-state index in [9.17, 15) is 0 Å². The van der Waals surface area contributed by atoms with Gasteiger partial charge in [0.05, 0.1) is 0 Å². The highest BCUT2D eigenvalue weighted by Gasteiger charge is 2.22. The summed E-state index contributed by atoms with van der Waals surface area (Å²) in [6.45, 7) is 8.01. The molecule has 0 saturated heterocycles. The molecule has 184 valence electrons. The number of hydrogen-bond donors (Lipinski definition) is 5. The number of nitrogens with zero attached hydrogens (tertiary/aromatic N) is 2. The number of benzene rings is 1. The number of carboxylic acid groups (broad SMARTS) is 2. The Bertz CT molecular complexity index is 766. The first-order chi connectivity index (χ1) is 15.7. The summed E-state index contributed by atoms with van der Waals surface area (Å²) in [6.07, 6.45) is 10.6. The summed E-state index contributed by atoms with van der Waals surface area (Å²) < 4.78 is 0. The fourth-order valence-electron chi connectivity index (χ4n) is 3.16. The predicted molar refractivity (Wildman–Crippen MR) is 131 cm³/mol. The fraction of sp³-hybridized carbons (Fsp3) is 0.583. The maximum absolute atomic E-state index is 9.10. The van der Waals surface area contributed by atoms with Crippen LogP contribution in [0.25, 0.3) is 0 Å². The maximum atomic E-state index is 9.10. The molecule has 0 unspecified atom stereocenters. The number of unbranched alkanes of at least 4 members (excludes halogenated alkanes) is 7. The summed E-state index contributed by atoms with van der Waals surface area (Å²) in [5.74, 6) is -2.06. The molecule has 33 heavy (non-hydrogen) atoms. The van der Waals surface area contributed by atoms with Gasteiger partial charge in [-0.2, -0.15) is 0 Å². The largest absolute Gasteiger partial charge is 0.473 e. The van der Waals surface area contributed by atoms with Gasteiger partial charge in [0.2, 0.25) is 11.9 Å². The summed E-state index contributed by atoms with van der Waals surface area (Å²) in [7, 11) is 0. The van der Waals surface area contributed by atoms with Crippen LogP contribution in [0.5, 0.6) is 0 Å². The van der Waals surface area contributed by atoms with E-state index in [0.717, 1.165) is 25.0 Å². The van der Waals surface area contributed by atoms with Crippen molar-refractivity contribution in [1.82, 2.24) is 16.0 Å². The van der Waals surface area contributed by atoms with Crippen LogP contribution in [-0.4, -0.2) is 46.3 Å². The molecule has 0 radical (unpaired) electrons. The van der Waals surface area contributed by atoms with Crippen molar-refractivity contribution in [2.24, 2.45) is 9.98 Å². The molecule has 0 aromatic heterocycles. The van der Waals surface area contributed by atoms with Crippen LogP contribution in [0.3, 0.4) is 0 Å². The van der Waals surface area contributed by atoms with Gasteiger partial charge in [-0.15, -0.1) is 0 Å². The number of aliphatic imine (C=N–C) groups is 2. The molecule has 5 N–H and O–H groups in total. The quantitative estimate of drug-likeness (QED) is 0.250. The van der Waals surface area contributed by atoms with Crippen molar-refractivity contribution in [3.05, 3.63) is 35.9 Å². The zero-order valence-corrected chi connectivity index (χ0v) is 20.1. The number of carboxylic acids is 2. The molecule has 0 fully saturated rings. The molecule has 2 rings (SSSR count). The fourth-order valence-corrected chi connectivity index (χ4v) is 3.16. The van der Waals surface area contributed by atoms with Gasteiger partial charge in [0.25, 0.3) is 0 Å². The van der Waals surface area contributed by atoms with Crippen LogP contribution in [0, 0.1) is 0 Å². The lowest BCUT2D eigenvalue weighted by Crippen LogP contribution is -2.51. The van der Waals surface area contributed by atoms with Gasteiger partial charge in [0, 0.05) is 13.1 Å². The van der Waals surface area contributed by atoms with E-state index in [1.807, 2.05) is 19.9 Å². The van der Waals surface area contributed by atoms with Crippen molar-refractivity contribution >= 4 is 23.9 Å². The third-order valence-corrected chi connectivity index (χ3v) is 4.82. The van der Waals surface area contributed by atoms with Crippen molar-refractivity contribution in [1.29, 1.82) is 0 Å². The van der Waals surface area contributed by atoms with E-state index in [0.29, 0.717) is 0 Å². The van der Waals surface area contributed by atoms with Gasteiger partial charge in [-0.05, 0) is 25.8 Å². The van der Waals surface area contributed by atoms with Crippen molar-refractivity contribution in [2.45, 2.75) is 84.3 Å². The summed E-state index contributed by atoms with van der Waals surface area (Å²) >= 11 is 0. The summed E-state index contributed by atoms with van der Waals surface area (Å²) in [5, 5.41) is 24.9. The molecule has 0 bridgehead atoms. The minimum Gasteiger partial charge on any atom is -0.473 e. The Kier molecular flexibility index (Phi) is 13.3. The molecular formula is C24H39N5O4. The molecule has 9 heteroatoms. The van der Waals surface area contributed by atoms with Crippen molar-refractivity contribution in [3.63, 3.8) is 0 Å². The molecule has 0 atom stereocenters. The number of aliphatic carboxylic acids is 2. The van der Waals surface area contributed by atoms with Gasteiger partial charge in [-0.25, -0.2) is 19.6 Å². The number of carbonyl (C=O) groups is 2. The molecule has 0 amide bonds. The first kappa shape index (κ1) is 27.9. The normalized spacial score (nSPS) is 14.0. The van der Waals surface area contributed by atoms with Gasteiger partial charge in [-0.1, -0.05) is 82.2 Å². The molecule has 0 saturated carbocycles. The average molecular weight is 462 g/mol. The lowest BCUT2D eigenvalue weighted by molar-refractivity contribution is -0.159. The first-order valence-corrected chi connectivity index (χ1v) is 11.7. The summed E-state index contributed by atoms with van der Waals surface area (Å²) in [6, 6.07) is 10.3. The molecule has 1 heterocycles. The Morgan fingerprint density at radius 3 is 1.91 bits per heavy atom. The van der Waals surface area contributed by atoms with Crippen LogP contribution in [0.4, 0.5) is 0 Å². The highest BCUT2D eigenvalue weighted by Crippen LogP contribution is 2.13. The Labute approximate surface area is 196 Å². The van der Waals surface area contributed by atoms with E-state index in [-0.39, 0.29) is 0 Å². The van der Waals surface area contributed by atoms with Gasteiger partial charge in [0.15, 0.2) is 5.66 Å². The van der Waals surface area contributed by atoms with E-state index in [4.69, 9.17) is 19.8 Å². The molecule has 1 aliphatic heterocycles. The molecule has 0 aliphatic carbocycles. The van der Waals surface area contributed by atoms with Gasteiger partial charge in [-0.3, -0.25) is 5.32 Å². The van der Waals surface area contributed by atoms with Crippen LogP contribution in [0.1, 0.15) is 77.7 Å². The van der Waals surface area contributed by atoms with Gasteiger partial charge >= 0.3 is 11.9 Å². The second-order valence-electron chi connectivity index (χ2n) is 8.39. The summed E-state index contributed by atoms with van der Waals surface area (Å²) in [4.78, 5) is 27.5. The number of guanidine groups is 2. The van der Waals surface area contributed by atoms with E-state index < -0.39 is 17.6 Å². The van der Waals surface area contributed by atoms with Crippen molar-refractivity contribution in [3.8, 4) is 0 Å². The predicted octanol–water partition coefficient (Wildman–Crippen LogP) is 3.71. The molecule has 1 aliphatic rings. The average Bonchev–Trinajstić information content (AvgIpc) is 2.76. The standard InChI is InChI=1S/C22H37N5.C2H2O4/c1-4-5-6-7-8-9-10-14-17-23-20-25-21(27-22(2,3)26-20)24-18-19-15-12-11-13-16-19;3-1(4)2(5)6/h11-13,15-16H,4-10,14,17-18H2,1-3H3,(H3,23,24,25,26,27);(H,3,4)(H,5,6). The van der Waals surface area contributed by atoms with E-state index in [1.54, 1.807) is 0 Å². The second kappa shape index (κ2) is 15.7. The van der Waals surface area contributed by atoms with E-state index in [1.165, 1.54) is 56.9 Å². The lowest BCUT2D eigenvalue weighted by Gasteiger charge is -2.26. The minimum atomic E-state index is -1.82. The van der Waals surface area contributed by atoms with Crippen LogP contribution in [0.15, 0.2) is 40.3 Å². The van der Waals surface area contributed by atoms with Crippen LogP contribution in [-0.2, 0) is 16.1 Å². The zero-order chi connectivity index (χ0) is 24.5. The van der Waals surface area contributed by atoms with E-state index >= 15 is 0 Å². The molecule has 1 aromatic rings. The third kappa shape index (κ3) is 13.8. The van der Waals surface area contributed by atoms with E-state index in [2.05, 4.69) is 57.1 Å². The smallest absolute Gasteiger partial charge is 0.414 e. The monoisotopic (exact) mass is 461 g/mol. The highest BCUT2D eigenvalue weighted by molar-refractivity contribution is 6.27. The maximum Gasteiger partial charge on any atom is 0.414 e. The SMILES string of the molecule is CCCCCCCCCCNC1=NC(C)(C)N=C(NCc2ccccc2)N1.O=C(O)C(=O)O. The minimum absolute atomic E-state index is 0.452. The number of nitrogens with one attached hydrogen (secondary N) is 3. The van der Waals surface area contributed by atoms with Crippen LogP contribution >= 0.6 is 0 Å². The topological polar surface area (TPSA) is 135 Å². The molecule has 9 nitrogen and oxygen atoms in total. The molecule has 1 aromatic carbocycles. The second-order valence-corrected chi connectivity index (χ2v) is 8.39. The van der Waals surface area contributed by atoms with Gasteiger partial charge < -0.3 is 20.8 Å². The lowest BCUT2D eigenvalue weighted by atomic mass is 10.1. The Morgan fingerprint density at radius 1 is 0.848 bits per heavy atom. The summed E-state index contributed by atoms with van der Waals surface area (Å²) in [5.41, 5.74) is 0.780.